The summed E-state index contributed by atoms with van der Waals surface area (Å²) in [5.74, 6) is -0.163. The van der Waals surface area contributed by atoms with Crippen LogP contribution < -0.4 is 0 Å². The third-order valence-corrected chi connectivity index (χ3v) is 5.25. The Kier molecular flexibility index (Phi) is 8.81. The van der Waals surface area contributed by atoms with Crippen molar-refractivity contribution in [3.8, 4) is 6.07 Å². The fourth-order valence-corrected chi connectivity index (χ4v) is 3.61. The second-order valence-corrected chi connectivity index (χ2v) is 7.17. The topological polar surface area (TPSA) is 23.8 Å². The lowest BCUT2D eigenvalue weighted by atomic mass is 9.77. The van der Waals surface area contributed by atoms with Crippen LogP contribution in [0.4, 0.5) is 13.2 Å². The molecule has 0 saturated heterocycles. The maximum Gasteiger partial charge on any atom is 0.143 e. The first-order valence-corrected chi connectivity index (χ1v) is 9.68. The van der Waals surface area contributed by atoms with Gasteiger partial charge in [-0.05, 0) is 73.6 Å². The predicted octanol–water partition coefficient (Wildman–Crippen LogP) is 6.88. The minimum atomic E-state index is -0.817. The molecule has 28 heavy (non-hydrogen) atoms. The van der Waals surface area contributed by atoms with E-state index in [0.29, 0.717) is 17.9 Å². The largest absolute Gasteiger partial charge is 0.251 e. The monoisotopic (exact) mass is 385 g/mol. The standard InChI is InChI=1S/C17H23F.C7H3F2N/c1-2-3-14-4-8-16(9-5-14)17-10-6-15(7-11-17)12-13-18;8-6-2-1-5(4-10)7(9)3-6/h2,4-5,8-9,15,17H,1,3,6-7,10-13H2;1-3H. The molecule has 1 nitrogen and oxygen atoms in total. The highest BCUT2D eigenvalue weighted by molar-refractivity contribution is 5.30. The zero-order valence-electron chi connectivity index (χ0n) is 16.0. The fraction of sp³-hybridized carbons (Fsp3) is 0.375. The maximum absolute atomic E-state index is 12.4. The third kappa shape index (κ3) is 6.56. The summed E-state index contributed by atoms with van der Waals surface area (Å²) in [5.41, 5.74) is 2.66. The SMILES string of the molecule is C=CCc1ccc(C2CCC(CCF)CC2)cc1.N#Cc1ccc(F)cc1F. The zero-order chi connectivity index (χ0) is 20.4. The van der Waals surface area contributed by atoms with Gasteiger partial charge in [0.05, 0.1) is 12.2 Å². The van der Waals surface area contributed by atoms with Gasteiger partial charge >= 0.3 is 0 Å². The number of alkyl halides is 1. The molecule has 2 aromatic rings. The minimum Gasteiger partial charge on any atom is -0.251 e. The molecule has 1 saturated carbocycles. The lowest BCUT2D eigenvalue weighted by molar-refractivity contribution is 0.283. The van der Waals surface area contributed by atoms with E-state index in [9.17, 15) is 13.2 Å². The Balaban J connectivity index is 0.000000237. The van der Waals surface area contributed by atoms with Crippen LogP contribution in [0.5, 0.6) is 0 Å². The van der Waals surface area contributed by atoms with Crippen molar-refractivity contribution in [1.82, 2.24) is 0 Å². The Labute approximate surface area is 165 Å². The molecular formula is C24H26F3N. The summed E-state index contributed by atoms with van der Waals surface area (Å²) in [4.78, 5) is 0. The van der Waals surface area contributed by atoms with Gasteiger partial charge in [0.1, 0.15) is 17.7 Å². The average molecular weight is 385 g/mol. The number of benzene rings is 2. The lowest BCUT2D eigenvalue weighted by Gasteiger charge is -2.28. The molecule has 0 N–H and O–H groups in total. The highest BCUT2D eigenvalue weighted by Gasteiger charge is 2.21. The molecule has 0 aromatic heterocycles. The van der Waals surface area contributed by atoms with E-state index in [0.717, 1.165) is 25.0 Å². The van der Waals surface area contributed by atoms with Crippen LogP contribution in [0.25, 0.3) is 0 Å². The molecule has 1 aliphatic carbocycles. The molecule has 2 aromatic carbocycles. The summed E-state index contributed by atoms with van der Waals surface area (Å²) < 4.78 is 36.8. The smallest absolute Gasteiger partial charge is 0.143 e. The zero-order valence-corrected chi connectivity index (χ0v) is 16.0. The van der Waals surface area contributed by atoms with Gasteiger partial charge in [-0.25, -0.2) is 8.78 Å². The summed E-state index contributed by atoms with van der Waals surface area (Å²) in [6.45, 7) is 3.62. The Morgan fingerprint density at radius 1 is 1.04 bits per heavy atom. The highest BCUT2D eigenvalue weighted by Crippen LogP contribution is 2.37. The average Bonchev–Trinajstić information content (AvgIpc) is 2.70. The van der Waals surface area contributed by atoms with E-state index in [1.807, 2.05) is 6.08 Å². The molecule has 148 valence electrons. The van der Waals surface area contributed by atoms with E-state index >= 15 is 0 Å². The van der Waals surface area contributed by atoms with Crippen LogP contribution in [-0.2, 0) is 6.42 Å². The van der Waals surface area contributed by atoms with Gasteiger partial charge in [0, 0.05) is 6.07 Å². The van der Waals surface area contributed by atoms with Crippen LogP contribution >= 0.6 is 0 Å². The van der Waals surface area contributed by atoms with Gasteiger partial charge in [0.15, 0.2) is 0 Å². The Morgan fingerprint density at radius 2 is 1.71 bits per heavy atom. The van der Waals surface area contributed by atoms with Gasteiger partial charge in [-0.3, -0.25) is 4.39 Å². The first-order valence-electron chi connectivity index (χ1n) is 9.68. The molecular weight excluding hydrogens is 359 g/mol. The quantitative estimate of drug-likeness (QED) is 0.514. The van der Waals surface area contributed by atoms with Crippen LogP contribution in [0.3, 0.4) is 0 Å². The van der Waals surface area contributed by atoms with Crippen LogP contribution in [0.15, 0.2) is 55.1 Å². The molecule has 4 heteroatoms. The van der Waals surface area contributed by atoms with E-state index in [4.69, 9.17) is 5.26 Å². The van der Waals surface area contributed by atoms with Gasteiger partial charge in [-0.15, -0.1) is 6.58 Å². The summed E-state index contributed by atoms with van der Waals surface area (Å²) in [6.07, 6.45) is 8.51. The normalized spacial score (nSPS) is 18.5. The van der Waals surface area contributed by atoms with Crippen LogP contribution in [0.1, 0.15) is 54.7 Å². The number of hydrogen-bond acceptors (Lipinski definition) is 1. The Hall–Kier alpha value is -2.54. The molecule has 0 radical (unpaired) electrons. The summed E-state index contributed by atoms with van der Waals surface area (Å²) in [6, 6.07) is 13.4. The Morgan fingerprint density at radius 3 is 2.25 bits per heavy atom. The second-order valence-electron chi connectivity index (χ2n) is 7.17. The molecule has 0 heterocycles. The van der Waals surface area contributed by atoms with E-state index in [1.165, 1.54) is 36.8 Å². The first kappa shape index (κ1) is 21.8. The number of nitriles is 1. The van der Waals surface area contributed by atoms with Crippen LogP contribution in [0.2, 0.25) is 0 Å². The number of nitrogens with zero attached hydrogens (tertiary/aromatic N) is 1. The summed E-state index contributed by atoms with van der Waals surface area (Å²) in [5, 5.41) is 8.20. The van der Waals surface area contributed by atoms with Crippen molar-refractivity contribution in [2.75, 3.05) is 6.67 Å². The van der Waals surface area contributed by atoms with E-state index in [1.54, 1.807) is 6.07 Å². The molecule has 1 fully saturated rings. The molecule has 0 amide bonds. The van der Waals surface area contributed by atoms with Gasteiger partial charge in [-0.2, -0.15) is 5.26 Å². The highest BCUT2D eigenvalue weighted by atomic mass is 19.1. The minimum absolute atomic E-state index is 0.138. The maximum atomic E-state index is 12.4. The Bertz CT molecular complexity index is 784. The third-order valence-electron chi connectivity index (χ3n) is 5.25. The molecule has 0 spiro atoms. The number of allylic oxidation sites excluding steroid dienone is 1. The summed E-state index contributed by atoms with van der Waals surface area (Å²) in [7, 11) is 0. The summed E-state index contributed by atoms with van der Waals surface area (Å²) >= 11 is 0. The molecule has 0 aliphatic heterocycles. The van der Waals surface area contributed by atoms with Gasteiger partial charge in [-0.1, -0.05) is 30.3 Å². The van der Waals surface area contributed by atoms with Crippen molar-refractivity contribution in [3.63, 3.8) is 0 Å². The molecule has 0 bridgehead atoms. The molecule has 3 rings (SSSR count). The number of halogens is 3. The first-order chi connectivity index (χ1) is 13.6. The van der Waals surface area contributed by atoms with Crippen LogP contribution in [-0.4, -0.2) is 6.67 Å². The molecule has 1 aliphatic rings. The van der Waals surface area contributed by atoms with Crippen LogP contribution in [0, 0.1) is 28.9 Å². The van der Waals surface area contributed by atoms with E-state index in [2.05, 4.69) is 30.8 Å². The number of hydrogen-bond donors (Lipinski definition) is 0. The van der Waals surface area contributed by atoms with Gasteiger partial charge in [0.25, 0.3) is 0 Å². The molecule has 0 atom stereocenters. The van der Waals surface area contributed by atoms with Crippen molar-refractivity contribution in [1.29, 1.82) is 5.26 Å². The van der Waals surface area contributed by atoms with E-state index in [-0.39, 0.29) is 12.2 Å². The van der Waals surface area contributed by atoms with Crippen molar-refractivity contribution in [3.05, 3.63) is 83.4 Å². The fourth-order valence-electron chi connectivity index (χ4n) is 3.61. The number of rotatable bonds is 5. The van der Waals surface area contributed by atoms with Crippen molar-refractivity contribution >= 4 is 0 Å². The van der Waals surface area contributed by atoms with Crippen molar-refractivity contribution < 1.29 is 13.2 Å². The van der Waals surface area contributed by atoms with Crippen molar-refractivity contribution in [2.24, 2.45) is 5.92 Å². The lowest BCUT2D eigenvalue weighted by Crippen LogP contribution is -2.13. The predicted molar refractivity (Wildman–Crippen MR) is 107 cm³/mol. The second kappa shape index (κ2) is 11.3. The molecule has 0 unspecified atom stereocenters. The van der Waals surface area contributed by atoms with E-state index < -0.39 is 11.6 Å². The van der Waals surface area contributed by atoms with Gasteiger partial charge in [0.2, 0.25) is 0 Å². The van der Waals surface area contributed by atoms with Crippen molar-refractivity contribution in [2.45, 2.75) is 44.4 Å². The van der Waals surface area contributed by atoms with Gasteiger partial charge < -0.3 is 0 Å².